The minimum atomic E-state index is -0.211. The molecule has 0 N–H and O–H groups in total. The van der Waals surface area contributed by atoms with Crippen LogP contribution < -0.4 is 4.74 Å². The van der Waals surface area contributed by atoms with E-state index in [1.54, 1.807) is 0 Å². The van der Waals surface area contributed by atoms with Crippen LogP contribution in [-0.4, -0.2) is 12.1 Å². The van der Waals surface area contributed by atoms with E-state index >= 15 is 0 Å². The third-order valence-electron chi connectivity index (χ3n) is 2.62. The van der Waals surface area contributed by atoms with Crippen molar-refractivity contribution in [1.29, 1.82) is 0 Å². The van der Waals surface area contributed by atoms with Crippen LogP contribution in [0.15, 0.2) is 54.6 Å². The normalized spacial score (nSPS) is 10.3. The van der Waals surface area contributed by atoms with Gasteiger partial charge in [0.05, 0.1) is 12.5 Å². The Morgan fingerprint density at radius 1 is 0.950 bits per heavy atom. The first kappa shape index (κ1) is 14.1. The third-order valence-corrected chi connectivity index (χ3v) is 2.62. The van der Waals surface area contributed by atoms with Crippen molar-refractivity contribution < 1.29 is 14.3 Å². The lowest BCUT2D eigenvalue weighted by molar-refractivity contribution is -0.146. The summed E-state index contributed by atoms with van der Waals surface area (Å²) < 4.78 is 10.8. The van der Waals surface area contributed by atoms with Crippen molar-refractivity contribution >= 4 is 5.97 Å². The van der Waals surface area contributed by atoms with Gasteiger partial charge in [-0.25, -0.2) is 0 Å². The van der Waals surface area contributed by atoms with Crippen molar-refractivity contribution in [3.8, 4) is 11.5 Å². The van der Waals surface area contributed by atoms with Crippen LogP contribution >= 0.6 is 0 Å². The molecular weight excluding hydrogens is 252 g/mol. The maximum absolute atomic E-state index is 11.5. The van der Waals surface area contributed by atoms with Crippen molar-refractivity contribution in [3.63, 3.8) is 0 Å². The number of hydrogen-bond acceptors (Lipinski definition) is 3. The van der Waals surface area contributed by atoms with Crippen molar-refractivity contribution in [3.05, 3.63) is 60.2 Å². The van der Waals surface area contributed by atoms with Gasteiger partial charge < -0.3 is 9.47 Å². The van der Waals surface area contributed by atoms with Gasteiger partial charge in [0, 0.05) is 0 Å². The number of carbonyl (C=O) groups is 1. The molecule has 0 atom stereocenters. The fraction of sp³-hybridized carbons (Fsp3) is 0.235. The summed E-state index contributed by atoms with van der Waals surface area (Å²) in [6, 6.07) is 17.0. The van der Waals surface area contributed by atoms with E-state index in [0.29, 0.717) is 0 Å². The van der Waals surface area contributed by atoms with E-state index in [0.717, 1.165) is 17.1 Å². The smallest absolute Gasteiger partial charge is 0.310 e. The zero-order chi connectivity index (χ0) is 14.4. The highest BCUT2D eigenvalue weighted by molar-refractivity contribution is 5.72. The molecule has 0 fully saturated rings. The Morgan fingerprint density at radius 2 is 1.55 bits per heavy atom. The van der Waals surface area contributed by atoms with Gasteiger partial charge in [0.2, 0.25) is 0 Å². The molecule has 3 nitrogen and oxygen atoms in total. The minimum absolute atomic E-state index is 0.0804. The van der Waals surface area contributed by atoms with Crippen LogP contribution in [0.25, 0.3) is 0 Å². The summed E-state index contributed by atoms with van der Waals surface area (Å²) in [6.07, 6.45) is 0.201. The van der Waals surface area contributed by atoms with Crippen LogP contribution in [0.3, 0.4) is 0 Å². The van der Waals surface area contributed by atoms with E-state index < -0.39 is 0 Å². The quantitative estimate of drug-likeness (QED) is 0.771. The van der Waals surface area contributed by atoms with Crippen molar-refractivity contribution in [2.24, 2.45) is 0 Å². The topological polar surface area (TPSA) is 35.5 Å². The molecule has 0 bridgehead atoms. The average Bonchev–Trinajstić information content (AvgIpc) is 2.41. The summed E-state index contributed by atoms with van der Waals surface area (Å²) in [5.74, 6) is 1.33. The van der Waals surface area contributed by atoms with Gasteiger partial charge in [-0.15, -0.1) is 0 Å². The SMILES string of the molecule is CC(C)OC(=O)Cc1ccc(Oc2ccccc2)cc1. The Kier molecular flexibility index (Phi) is 4.77. The number of benzene rings is 2. The van der Waals surface area contributed by atoms with Crippen LogP contribution in [0, 0.1) is 0 Å². The lowest BCUT2D eigenvalue weighted by Crippen LogP contribution is -2.13. The van der Waals surface area contributed by atoms with Gasteiger partial charge in [-0.1, -0.05) is 30.3 Å². The molecule has 0 aliphatic carbocycles. The second-order valence-electron chi connectivity index (χ2n) is 4.77. The molecule has 0 radical (unpaired) electrons. The number of esters is 1. The van der Waals surface area contributed by atoms with Gasteiger partial charge in [-0.05, 0) is 43.7 Å². The number of carbonyl (C=O) groups excluding carboxylic acids is 1. The van der Waals surface area contributed by atoms with Crippen LogP contribution in [0.4, 0.5) is 0 Å². The predicted molar refractivity (Wildman–Crippen MR) is 77.9 cm³/mol. The molecule has 0 saturated heterocycles. The summed E-state index contributed by atoms with van der Waals surface area (Å²) in [6.45, 7) is 3.68. The summed E-state index contributed by atoms with van der Waals surface area (Å²) in [7, 11) is 0. The average molecular weight is 270 g/mol. The Balaban J connectivity index is 1.94. The Labute approximate surface area is 119 Å². The van der Waals surface area contributed by atoms with Gasteiger partial charge in [-0.2, -0.15) is 0 Å². The Hall–Kier alpha value is -2.29. The zero-order valence-corrected chi connectivity index (χ0v) is 11.7. The van der Waals surface area contributed by atoms with E-state index in [1.165, 1.54) is 0 Å². The third kappa shape index (κ3) is 4.43. The Morgan fingerprint density at radius 3 is 2.15 bits per heavy atom. The molecule has 0 unspecified atom stereocenters. The molecule has 2 aromatic rings. The van der Waals surface area contributed by atoms with Crippen LogP contribution in [-0.2, 0) is 16.0 Å². The Bertz CT molecular complexity index is 544. The van der Waals surface area contributed by atoms with E-state index in [1.807, 2.05) is 68.4 Å². The molecular formula is C17H18O3. The maximum atomic E-state index is 11.5. The van der Waals surface area contributed by atoms with Crippen molar-refractivity contribution in [2.45, 2.75) is 26.4 Å². The summed E-state index contributed by atoms with van der Waals surface area (Å²) in [4.78, 5) is 11.5. The summed E-state index contributed by atoms with van der Waals surface area (Å²) in [5, 5.41) is 0. The largest absolute Gasteiger partial charge is 0.463 e. The fourth-order valence-electron chi connectivity index (χ4n) is 1.77. The highest BCUT2D eigenvalue weighted by Gasteiger charge is 2.07. The van der Waals surface area contributed by atoms with E-state index in [2.05, 4.69) is 0 Å². The summed E-state index contributed by atoms with van der Waals surface area (Å²) >= 11 is 0. The molecule has 2 aromatic carbocycles. The monoisotopic (exact) mass is 270 g/mol. The standard InChI is InChI=1S/C17H18O3/c1-13(2)19-17(18)12-14-8-10-16(11-9-14)20-15-6-4-3-5-7-15/h3-11,13H,12H2,1-2H3. The molecule has 0 aromatic heterocycles. The molecule has 0 aliphatic heterocycles. The zero-order valence-electron chi connectivity index (χ0n) is 11.7. The van der Waals surface area contributed by atoms with Crippen LogP contribution in [0.5, 0.6) is 11.5 Å². The second-order valence-corrected chi connectivity index (χ2v) is 4.77. The lowest BCUT2D eigenvalue weighted by atomic mass is 10.1. The minimum Gasteiger partial charge on any atom is -0.463 e. The van der Waals surface area contributed by atoms with Crippen molar-refractivity contribution in [1.82, 2.24) is 0 Å². The summed E-state index contributed by atoms with van der Waals surface area (Å²) in [5.41, 5.74) is 0.913. The van der Waals surface area contributed by atoms with E-state index in [9.17, 15) is 4.79 Å². The molecule has 20 heavy (non-hydrogen) atoms. The first-order valence-electron chi connectivity index (χ1n) is 6.65. The molecule has 0 aliphatic rings. The molecule has 0 heterocycles. The molecule has 104 valence electrons. The van der Waals surface area contributed by atoms with Crippen LogP contribution in [0.1, 0.15) is 19.4 Å². The first-order valence-corrected chi connectivity index (χ1v) is 6.65. The van der Waals surface area contributed by atoms with E-state index in [4.69, 9.17) is 9.47 Å². The van der Waals surface area contributed by atoms with Gasteiger partial charge in [0.1, 0.15) is 11.5 Å². The van der Waals surface area contributed by atoms with Crippen LogP contribution in [0.2, 0.25) is 0 Å². The molecule has 0 spiro atoms. The highest BCUT2D eigenvalue weighted by atomic mass is 16.5. The molecule has 0 saturated carbocycles. The van der Waals surface area contributed by atoms with E-state index in [-0.39, 0.29) is 18.5 Å². The number of rotatable bonds is 5. The molecule has 2 rings (SSSR count). The lowest BCUT2D eigenvalue weighted by Gasteiger charge is -2.09. The first-order chi connectivity index (χ1) is 9.63. The number of ether oxygens (including phenoxy) is 2. The number of para-hydroxylation sites is 1. The van der Waals surface area contributed by atoms with Gasteiger partial charge >= 0.3 is 5.97 Å². The highest BCUT2D eigenvalue weighted by Crippen LogP contribution is 2.21. The second kappa shape index (κ2) is 6.75. The fourth-order valence-corrected chi connectivity index (χ4v) is 1.77. The van der Waals surface area contributed by atoms with Gasteiger partial charge in [0.25, 0.3) is 0 Å². The van der Waals surface area contributed by atoms with Gasteiger partial charge in [0.15, 0.2) is 0 Å². The molecule has 3 heteroatoms. The number of hydrogen-bond donors (Lipinski definition) is 0. The molecule has 0 amide bonds. The van der Waals surface area contributed by atoms with Gasteiger partial charge in [-0.3, -0.25) is 4.79 Å². The maximum Gasteiger partial charge on any atom is 0.310 e. The predicted octanol–water partition coefficient (Wildman–Crippen LogP) is 3.97. The van der Waals surface area contributed by atoms with Crippen molar-refractivity contribution in [2.75, 3.05) is 0 Å².